The zero-order valence-electron chi connectivity index (χ0n) is 22.7. The number of nitrogens with one attached hydrogen (secondary N) is 1. The maximum absolute atomic E-state index is 13.6. The van der Waals surface area contributed by atoms with E-state index in [9.17, 15) is 4.79 Å². The van der Waals surface area contributed by atoms with Crippen LogP contribution in [0.5, 0.6) is 17.2 Å². The number of likely N-dealkylation sites (tertiary alicyclic amines) is 1. The van der Waals surface area contributed by atoms with Crippen molar-refractivity contribution in [1.82, 2.24) is 19.6 Å². The second-order valence-corrected chi connectivity index (χ2v) is 11.0. The third kappa shape index (κ3) is 5.99. The molecule has 4 aromatic rings. The number of methoxy groups -OCH3 is 3. The molecular weight excluding hydrogens is 512 g/mol. The van der Waals surface area contributed by atoms with Gasteiger partial charge < -0.3 is 23.9 Å². The Hall–Kier alpha value is -3.69. The quantitative estimate of drug-likeness (QED) is 0.308. The van der Waals surface area contributed by atoms with Gasteiger partial charge in [-0.2, -0.15) is 0 Å². The van der Waals surface area contributed by atoms with Crippen LogP contribution >= 0.6 is 11.8 Å². The maximum Gasteiger partial charge on any atom is 0.237 e. The average molecular weight is 547 g/mol. The third-order valence-corrected chi connectivity index (χ3v) is 8.34. The molecule has 3 heterocycles. The topological polar surface area (TPSA) is 77.3 Å². The number of rotatable bonds is 10. The van der Waals surface area contributed by atoms with Crippen LogP contribution in [0.2, 0.25) is 0 Å². The largest absolute Gasteiger partial charge is 0.497 e. The Balaban J connectivity index is 1.34. The molecule has 204 valence electrons. The number of aromatic nitrogens is 2. The highest BCUT2D eigenvalue weighted by molar-refractivity contribution is 8.00. The standard InChI is InChI=1S/C30H34N4O4S/c1-20-27(37-3)13-8-21(29(20)38-4)17-34-19-25(39-24-11-9-23(36-2)10-12-24)15-26(34)30(35)31-16-22-18-33-14-6-5-7-28(33)32-22/h5-14,18,25-26H,15-17,19H2,1-4H3,(H,31,35)/t25-,26+/m1/s1. The molecule has 1 saturated heterocycles. The second kappa shape index (κ2) is 12.0. The van der Waals surface area contributed by atoms with Crippen LogP contribution in [0.25, 0.3) is 5.65 Å². The highest BCUT2D eigenvalue weighted by atomic mass is 32.2. The van der Waals surface area contributed by atoms with Crippen LogP contribution in [-0.4, -0.2) is 59.4 Å². The second-order valence-electron chi connectivity index (χ2n) is 9.60. The van der Waals surface area contributed by atoms with Gasteiger partial charge >= 0.3 is 0 Å². The van der Waals surface area contributed by atoms with Gasteiger partial charge in [0.1, 0.15) is 22.9 Å². The van der Waals surface area contributed by atoms with E-state index in [1.165, 1.54) is 0 Å². The van der Waals surface area contributed by atoms with Crippen molar-refractivity contribution >= 4 is 23.3 Å². The normalized spacial score (nSPS) is 17.3. The zero-order valence-corrected chi connectivity index (χ0v) is 23.5. The van der Waals surface area contributed by atoms with Gasteiger partial charge in [0.15, 0.2) is 0 Å². The number of fused-ring (bicyclic) bond motifs is 1. The summed E-state index contributed by atoms with van der Waals surface area (Å²) in [5, 5.41) is 3.40. The monoisotopic (exact) mass is 546 g/mol. The number of imidazole rings is 1. The number of amides is 1. The van der Waals surface area contributed by atoms with Gasteiger partial charge in [-0.05, 0) is 55.8 Å². The SMILES string of the molecule is COc1ccc(S[C@@H]2C[C@@H](C(=O)NCc3cn4ccccc4n3)N(Cc3ccc(OC)c(C)c3OC)C2)cc1. The van der Waals surface area contributed by atoms with Crippen LogP contribution in [0.3, 0.4) is 0 Å². The molecule has 1 fully saturated rings. The highest BCUT2D eigenvalue weighted by Crippen LogP contribution is 2.37. The van der Waals surface area contributed by atoms with E-state index in [-0.39, 0.29) is 17.2 Å². The number of carbonyl (C=O) groups is 1. The lowest BCUT2D eigenvalue weighted by Gasteiger charge is -2.25. The summed E-state index contributed by atoms with van der Waals surface area (Å²) in [5.74, 6) is 2.42. The lowest BCUT2D eigenvalue weighted by atomic mass is 10.1. The fourth-order valence-corrected chi connectivity index (χ4v) is 6.41. The molecule has 0 saturated carbocycles. The molecule has 2 aromatic heterocycles. The van der Waals surface area contributed by atoms with E-state index >= 15 is 0 Å². The highest BCUT2D eigenvalue weighted by Gasteiger charge is 2.37. The summed E-state index contributed by atoms with van der Waals surface area (Å²) in [5.41, 5.74) is 3.68. The summed E-state index contributed by atoms with van der Waals surface area (Å²) < 4.78 is 18.5. The molecule has 0 bridgehead atoms. The minimum atomic E-state index is -0.273. The van der Waals surface area contributed by atoms with Crippen molar-refractivity contribution in [1.29, 1.82) is 0 Å². The number of hydrogen-bond donors (Lipinski definition) is 1. The van der Waals surface area contributed by atoms with Gasteiger partial charge in [0.25, 0.3) is 0 Å². The molecule has 9 heteroatoms. The number of carbonyl (C=O) groups excluding carboxylic acids is 1. The fourth-order valence-electron chi connectivity index (χ4n) is 5.19. The van der Waals surface area contributed by atoms with Crippen molar-refractivity contribution in [2.45, 2.75) is 42.6 Å². The number of nitrogens with zero attached hydrogens (tertiary/aromatic N) is 3. The van der Waals surface area contributed by atoms with E-state index in [1.54, 1.807) is 33.1 Å². The van der Waals surface area contributed by atoms with E-state index in [0.717, 1.165) is 57.6 Å². The molecule has 1 N–H and O–H groups in total. The van der Waals surface area contributed by atoms with Crippen LogP contribution in [0.15, 0.2) is 71.9 Å². The number of hydrogen-bond acceptors (Lipinski definition) is 7. The number of thioether (sulfide) groups is 1. The van der Waals surface area contributed by atoms with E-state index in [2.05, 4.69) is 27.3 Å². The first-order valence-electron chi connectivity index (χ1n) is 12.9. The Morgan fingerprint density at radius 2 is 1.87 bits per heavy atom. The van der Waals surface area contributed by atoms with Crippen LogP contribution < -0.4 is 19.5 Å². The molecule has 39 heavy (non-hydrogen) atoms. The Labute approximate surface area is 233 Å². The van der Waals surface area contributed by atoms with Crippen molar-refractivity contribution in [3.05, 3.63) is 83.8 Å². The molecule has 0 spiro atoms. The maximum atomic E-state index is 13.6. The lowest BCUT2D eigenvalue weighted by molar-refractivity contribution is -0.125. The summed E-state index contributed by atoms with van der Waals surface area (Å²) in [6, 6.07) is 17.7. The predicted molar refractivity (Wildman–Crippen MR) is 153 cm³/mol. The fraction of sp³-hybridized carbons (Fsp3) is 0.333. The van der Waals surface area contributed by atoms with Gasteiger partial charge in [0.2, 0.25) is 5.91 Å². The number of pyridine rings is 1. The molecular formula is C30H34N4O4S. The van der Waals surface area contributed by atoms with Crippen LogP contribution in [0.1, 0.15) is 23.2 Å². The van der Waals surface area contributed by atoms with Gasteiger partial charge in [-0.15, -0.1) is 11.8 Å². The van der Waals surface area contributed by atoms with Gasteiger partial charge in [-0.3, -0.25) is 9.69 Å². The zero-order chi connectivity index (χ0) is 27.4. The molecule has 0 aliphatic carbocycles. The summed E-state index contributed by atoms with van der Waals surface area (Å²) in [7, 11) is 5.00. The van der Waals surface area contributed by atoms with Crippen molar-refractivity contribution in [3.63, 3.8) is 0 Å². The molecule has 1 aliphatic rings. The first-order valence-corrected chi connectivity index (χ1v) is 13.8. The van der Waals surface area contributed by atoms with E-state index in [0.29, 0.717) is 13.1 Å². The minimum absolute atomic E-state index is 0.00841. The van der Waals surface area contributed by atoms with Gasteiger partial charge in [-0.1, -0.05) is 12.1 Å². The summed E-state index contributed by atoms with van der Waals surface area (Å²) >= 11 is 1.80. The molecule has 8 nitrogen and oxygen atoms in total. The number of benzene rings is 2. The van der Waals surface area contributed by atoms with Gasteiger partial charge in [0.05, 0.1) is 39.6 Å². The first kappa shape index (κ1) is 26.9. The Morgan fingerprint density at radius 3 is 2.59 bits per heavy atom. The molecule has 1 amide bonds. The molecule has 2 atom stereocenters. The van der Waals surface area contributed by atoms with Crippen molar-refractivity contribution < 1.29 is 19.0 Å². The third-order valence-electron chi connectivity index (χ3n) is 7.12. The summed E-state index contributed by atoms with van der Waals surface area (Å²) in [6.45, 7) is 3.75. The van der Waals surface area contributed by atoms with E-state index < -0.39 is 0 Å². The average Bonchev–Trinajstić information content (AvgIpc) is 3.56. The number of ether oxygens (including phenoxy) is 3. The van der Waals surface area contributed by atoms with Gasteiger partial charge in [-0.25, -0.2) is 4.98 Å². The van der Waals surface area contributed by atoms with Crippen LogP contribution in [0.4, 0.5) is 0 Å². The molecule has 2 aromatic carbocycles. The molecule has 0 radical (unpaired) electrons. The van der Waals surface area contributed by atoms with E-state index in [1.807, 2.05) is 66.2 Å². The Morgan fingerprint density at radius 1 is 1.05 bits per heavy atom. The lowest BCUT2D eigenvalue weighted by Crippen LogP contribution is -2.42. The van der Waals surface area contributed by atoms with Crippen molar-refractivity contribution in [3.8, 4) is 17.2 Å². The summed E-state index contributed by atoms with van der Waals surface area (Å²) in [4.78, 5) is 21.6. The molecule has 5 rings (SSSR count). The van der Waals surface area contributed by atoms with Crippen LogP contribution in [0, 0.1) is 6.92 Å². The molecule has 0 unspecified atom stereocenters. The Kier molecular flexibility index (Phi) is 8.28. The summed E-state index contributed by atoms with van der Waals surface area (Å²) in [6.07, 6.45) is 4.65. The smallest absolute Gasteiger partial charge is 0.237 e. The van der Waals surface area contributed by atoms with Gasteiger partial charge in [0, 0.05) is 46.8 Å². The predicted octanol–water partition coefficient (Wildman–Crippen LogP) is 4.72. The Bertz CT molecular complexity index is 1410. The first-order chi connectivity index (χ1) is 19.0. The van der Waals surface area contributed by atoms with Crippen LogP contribution in [-0.2, 0) is 17.9 Å². The minimum Gasteiger partial charge on any atom is -0.497 e. The molecule has 1 aliphatic heterocycles. The van der Waals surface area contributed by atoms with E-state index in [4.69, 9.17) is 14.2 Å². The van der Waals surface area contributed by atoms with Crippen molar-refractivity contribution in [2.24, 2.45) is 0 Å². The van der Waals surface area contributed by atoms with Crippen molar-refractivity contribution in [2.75, 3.05) is 27.9 Å².